The largest absolute Gasteiger partial charge is 0.396 e. The fraction of sp³-hybridized carbons (Fsp3) is 0.778. The molecule has 0 aliphatic carbocycles. The Bertz CT molecular complexity index is 263. The van der Waals surface area contributed by atoms with E-state index in [9.17, 15) is 0 Å². The van der Waals surface area contributed by atoms with Gasteiger partial charge in [-0.15, -0.1) is 0 Å². The van der Waals surface area contributed by atoms with E-state index in [1.807, 2.05) is 0 Å². The van der Waals surface area contributed by atoms with Crippen molar-refractivity contribution in [2.75, 3.05) is 19.7 Å². The van der Waals surface area contributed by atoms with Crippen molar-refractivity contribution < 1.29 is 9.63 Å². The van der Waals surface area contributed by atoms with E-state index in [2.05, 4.69) is 15.0 Å². The second-order valence-corrected chi connectivity index (χ2v) is 3.76. The maximum atomic E-state index is 9.06. The summed E-state index contributed by atoms with van der Waals surface area (Å²) in [6.07, 6.45) is 3.68. The Kier molecular flexibility index (Phi) is 3.10. The summed E-state index contributed by atoms with van der Waals surface area (Å²) in [6.45, 7) is 2.97. The summed E-state index contributed by atoms with van der Waals surface area (Å²) in [5.74, 6) is 1.07. The lowest BCUT2D eigenvalue weighted by molar-refractivity contribution is 0.107. The molecule has 14 heavy (non-hydrogen) atoms. The molecule has 1 aliphatic heterocycles. The predicted molar refractivity (Wildman–Crippen MR) is 49.4 cm³/mol. The molecule has 5 heteroatoms. The van der Waals surface area contributed by atoms with E-state index in [4.69, 9.17) is 9.63 Å². The van der Waals surface area contributed by atoms with Gasteiger partial charge in [0, 0.05) is 13.2 Å². The number of likely N-dealkylation sites (tertiary alicyclic amines) is 1. The molecule has 0 amide bonds. The fourth-order valence-corrected chi connectivity index (χ4v) is 1.90. The Morgan fingerprint density at radius 2 is 2.57 bits per heavy atom. The molecule has 0 spiro atoms. The minimum atomic E-state index is 0.278. The first-order valence-corrected chi connectivity index (χ1v) is 4.97. The fourth-order valence-electron chi connectivity index (χ4n) is 1.90. The van der Waals surface area contributed by atoms with Gasteiger partial charge < -0.3 is 9.63 Å². The van der Waals surface area contributed by atoms with E-state index in [0.29, 0.717) is 18.4 Å². The van der Waals surface area contributed by atoms with Crippen LogP contribution in [0.3, 0.4) is 0 Å². The summed E-state index contributed by atoms with van der Waals surface area (Å²) in [7, 11) is 0. The highest BCUT2D eigenvalue weighted by molar-refractivity contribution is 4.79. The molecule has 1 unspecified atom stereocenters. The van der Waals surface area contributed by atoms with Crippen LogP contribution in [0.1, 0.15) is 18.7 Å². The minimum absolute atomic E-state index is 0.278. The molecule has 1 atom stereocenters. The van der Waals surface area contributed by atoms with Crippen LogP contribution in [-0.2, 0) is 6.54 Å². The molecule has 1 fully saturated rings. The molecule has 0 aromatic carbocycles. The molecule has 78 valence electrons. The first-order chi connectivity index (χ1) is 6.88. The monoisotopic (exact) mass is 197 g/mol. The van der Waals surface area contributed by atoms with E-state index in [0.717, 1.165) is 25.9 Å². The number of aliphatic hydroxyl groups excluding tert-OH is 1. The average molecular weight is 197 g/mol. The first-order valence-electron chi connectivity index (χ1n) is 4.97. The van der Waals surface area contributed by atoms with Gasteiger partial charge in [0.05, 0.1) is 6.54 Å². The molecule has 0 saturated carbocycles. The van der Waals surface area contributed by atoms with Gasteiger partial charge in [-0.2, -0.15) is 4.98 Å². The molecule has 1 aliphatic rings. The van der Waals surface area contributed by atoms with Crippen molar-refractivity contribution >= 4 is 0 Å². The summed E-state index contributed by atoms with van der Waals surface area (Å²) in [6, 6.07) is 0. The summed E-state index contributed by atoms with van der Waals surface area (Å²) < 4.78 is 4.94. The van der Waals surface area contributed by atoms with Gasteiger partial charge in [-0.25, -0.2) is 0 Å². The third-order valence-electron chi connectivity index (χ3n) is 2.63. The Morgan fingerprint density at radius 1 is 1.64 bits per heavy atom. The first kappa shape index (κ1) is 9.61. The van der Waals surface area contributed by atoms with Crippen LogP contribution in [0.2, 0.25) is 0 Å². The van der Waals surface area contributed by atoms with Crippen LogP contribution < -0.4 is 0 Å². The van der Waals surface area contributed by atoms with Crippen LogP contribution in [0.4, 0.5) is 0 Å². The van der Waals surface area contributed by atoms with E-state index in [1.54, 1.807) is 0 Å². The Balaban J connectivity index is 1.86. The predicted octanol–water partition coefficient (Wildman–Crippen LogP) is 0.274. The van der Waals surface area contributed by atoms with Crippen molar-refractivity contribution in [3.8, 4) is 0 Å². The highest BCUT2D eigenvalue weighted by atomic mass is 16.5. The number of piperidine rings is 1. The van der Waals surface area contributed by atoms with E-state index in [1.165, 1.54) is 6.33 Å². The van der Waals surface area contributed by atoms with Crippen molar-refractivity contribution in [3.05, 3.63) is 12.2 Å². The lowest BCUT2D eigenvalue weighted by Gasteiger charge is -2.30. The van der Waals surface area contributed by atoms with Crippen molar-refractivity contribution in [2.24, 2.45) is 5.92 Å². The zero-order valence-corrected chi connectivity index (χ0v) is 8.09. The normalized spacial score (nSPS) is 23.9. The van der Waals surface area contributed by atoms with Gasteiger partial charge in [0.25, 0.3) is 0 Å². The Morgan fingerprint density at radius 3 is 3.29 bits per heavy atom. The maximum Gasteiger partial charge on any atom is 0.240 e. The van der Waals surface area contributed by atoms with Crippen molar-refractivity contribution in [2.45, 2.75) is 19.4 Å². The summed E-state index contributed by atoms with van der Waals surface area (Å²) >= 11 is 0. The van der Waals surface area contributed by atoms with Crippen molar-refractivity contribution in [1.82, 2.24) is 15.0 Å². The van der Waals surface area contributed by atoms with Crippen LogP contribution in [0.25, 0.3) is 0 Å². The molecule has 1 aromatic rings. The average Bonchev–Trinajstić information content (AvgIpc) is 2.71. The summed E-state index contributed by atoms with van der Waals surface area (Å²) in [5, 5.41) is 12.6. The molecule has 1 saturated heterocycles. The van der Waals surface area contributed by atoms with Gasteiger partial charge in [0.15, 0.2) is 6.33 Å². The molecule has 1 N–H and O–H groups in total. The molecular formula is C9H15N3O2. The van der Waals surface area contributed by atoms with Gasteiger partial charge >= 0.3 is 0 Å². The molecule has 2 heterocycles. The minimum Gasteiger partial charge on any atom is -0.396 e. The smallest absolute Gasteiger partial charge is 0.240 e. The number of aliphatic hydroxyl groups is 1. The Labute approximate surface area is 82.7 Å². The van der Waals surface area contributed by atoms with Gasteiger partial charge in [-0.1, -0.05) is 5.16 Å². The van der Waals surface area contributed by atoms with Gasteiger partial charge in [0.2, 0.25) is 5.89 Å². The standard InChI is InChI=1S/C9H15N3O2/c13-6-8-2-1-3-12(4-8)5-9-10-7-11-14-9/h7-8,13H,1-6H2. The highest BCUT2D eigenvalue weighted by Gasteiger charge is 2.20. The third-order valence-corrected chi connectivity index (χ3v) is 2.63. The number of hydrogen-bond donors (Lipinski definition) is 1. The zero-order chi connectivity index (χ0) is 9.80. The highest BCUT2D eigenvalue weighted by Crippen LogP contribution is 2.17. The maximum absolute atomic E-state index is 9.06. The number of aromatic nitrogens is 2. The second-order valence-electron chi connectivity index (χ2n) is 3.76. The molecular weight excluding hydrogens is 182 g/mol. The molecule has 0 radical (unpaired) electrons. The number of hydrogen-bond acceptors (Lipinski definition) is 5. The number of rotatable bonds is 3. The topological polar surface area (TPSA) is 62.4 Å². The van der Waals surface area contributed by atoms with Crippen LogP contribution in [0, 0.1) is 5.92 Å². The van der Waals surface area contributed by atoms with E-state index in [-0.39, 0.29) is 6.61 Å². The quantitative estimate of drug-likeness (QED) is 0.753. The van der Waals surface area contributed by atoms with Crippen LogP contribution in [0.15, 0.2) is 10.9 Å². The molecule has 5 nitrogen and oxygen atoms in total. The van der Waals surface area contributed by atoms with Crippen LogP contribution in [0.5, 0.6) is 0 Å². The SMILES string of the molecule is OCC1CCCN(Cc2ncno2)C1. The summed E-state index contributed by atoms with van der Waals surface area (Å²) in [4.78, 5) is 6.23. The lowest BCUT2D eigenvalue weighted by atomic mass is 9.99. The van der Waals surface area contributed by atoms with Gasteiger partial charge in [-0.05, 0) is 25.3 Å². The van der Waals surface area contributed by atoms with Gasteiger partial charge in [-0.3, -0.25) is 4.90 Å². The van der Waals surface area contributed by atoms with Crippen LogP contribution >= 0.6 is 0 Å². The van der Waals surface area contributed by atoms with E-state index >= 15 is 0 Å². The zero-order valence-electron chi connectivity index (χ0n) is 8.09. The summed E-state index contributed by atoms with van der Waals surface area (Å²) in [5.41, 5.74) is 0. The second kappa shape index (κ2) is 4.52. The van der Waals surface area contributed by atoms with Crippen molar-refractivity contribution in [3.63, 3.8) is 0 Å². The third kappa shape index (κ3) is 2.30. The Hall–Kier alpha value is -0.940. The van der Waals surface area contributed by atoms with Crippen molar-refractivity contribution in [1.29, 1.82) is 0 Å². The molecule has 1 aromatic heterocycles. The van der Waals surface area contributed by atoms with E-state index < -0.39 is 0 Å². The molecule has 0 bridgehead atoms. The van der Waals surface area contributed by atoms with Gasteiger partial charge in [0.1, 0.15) is 0 Å². The van der Waals surface area contributed by atoms with Crippen LogP contribution in [-0.4, -0.2) is 39.8 Å². The molecule has 2 rings (SSSR count). The number of nitrogens with zero attached hydrogens (tertiary/aromatic N) is 3. The lowest BCUT2D eigenvalue weighted by Crippen LogP contribution is -2.36.